The average Bonchev–Trinajstić information content (AvgIpc) is 2.10. The molecule has 1 rings (SSSR count). The van der Waals surface area contributed by atoms with Gasteiger partial charge in [-0.1, -0.05) is 0 Å². The van der Waals surface area contributed by atoms with E-state index in [1.165, 1.54) is 12.1 Å². The molecule has 0 aliphatic heterocycles. The van der Waals surface area contributed by atoms with Crippen LogP contribution < -0.4 is 0 Å². The number of Topliss-reactive ketones (excluding diaryl/α,β-unsaturated/α-hetero) is 1. The van der Waals surface area contributed by atoms with Crippen molar-refractivity contribution in [3.63, 3.8) is 0 Å². The van der Waals surface area contributed by atoms with Crippen LogP contribution in [-0.4, -0.2) is 22.0 Å². The van der Waals surface area contributed by atoms with E-state index >= 15 is 0 Å². The first kappa shape index (κ1) is 10.2. The van der Waals surface area contributed by atoms with E-state index in [0.717, 1.165) is 11.1 Å². The van der Waals surface area contributed by atoms with Crippen LogP contribution in [0.3, 0.4) is 0 Å². The second-order valence-electron chi connectivity index (χ2n) is 3.09. The van der Waals surface area contributed by atoms with E-state index in [1.54, 1.807) is 13.8 Å². The molecule has 4 heteroatoms. The predicted octanol–water partition coefficient (Wildman–Crippen LogP) is 1.28. The number of carbonyl (C=O) groups excluding carboxylic acids is 1. The lowest BCUT2D eigenvalue weighted by molar-refractivity contribution is -0.131. The topological polar surface area (TPSA) is 74.6 Å². The van der Waals surface area contributed by atoms with E-state index in [-0.39, 0.29) is 11.3 Å². The monoisotopic (exact) mass is 194 g/mol. The number of benzene rings is 1. The maximum atomic E-state index is 11.1. The lowest BCUT2D eigenvalue weighted by atomic mass is 10.0. The second-order valence-corrected chi connectivity index (χ2v) is 3.09. The molecule has 4 nitrogen and oxygen atoms in total. The normalized spacial score (nSPS) is 9.86. The van der Waals surface area contributed by atoms with Gasteiger partial charge >= 0.3 is 5.97 Å². The van der Waals surface area contributed by atoms with E-state index in [1.807, 2.05) is 0 Å². The van der Waals surface area contributed by atoms with E-state index in [2.05, 4.69) is 0 Å². The first-order valence-electron chi connectivity index (χ1n) is 4.01. The highest BCUT2D eigenvalue weighted by atomic mass is 16.4. The molecule has 0 unspecified atom stereocenters. The Labute approximate surface area is 80.8 Å². The van der Waals surface area contributed by atoms with Crippen LogP contribution in [0.1, 0.15) is 21.5 Å². The minimum atomic E-state index is -1.57. The Balaban J connectivity index is 3.29. The Kier molecular flexibility index (Phi) is 2.56. The van der Waals surface area contributed by atoms with Crippen LogP contribution in [0.15, 0.2) is 12.1 Å². The van der Waals surface area contributed by atoms with Crippen LogP contribution in [-0.2, 0) is 4.79 Å². The number of aryl methyl sites for hydroxylation is 2. The molecule has 0 aliphatic carbocycles. The van der Waals surface area contributed by atoms with Crippen LogP contribution >= 0.6 is 0 Å². The molecule has 0 atom stereocenters. The molecule has 2 N–H and O–H groups in total. The number of aromatic hydroxyl groups is 1. The van der Waals surface area contributed by atoms with Gasteiger partial charge in [0.25, 0.3) is 5.78 Å². The third-order valence-corrected chi connectivity index (χ3v) is 2.05. The molecule has 1 aromatic carbocycles. The van der Waals surface area contributed by atoms with Crippen LogP contribution in [0.2, 0.25) is 0 Å². The number of carboxylic acid groups (broad SMARTS) is 1. The Morgan fingerprint density at radius 1 is 1.14 bits per heavy atom. The number of ketones is 1. The highest BCUT2D eigenvalue weighted by Gasteiger charge is 2.19. The molecule has 0 aliphatic rings. The molecule has 0 heterocycles. The standard InChI is InChI=1S/C10H10O4/c1-5-3-7(9(12)10(13)14)8(11)4-6(5)2/h3-4,11H,1-2H3,(H,13,14). The molecule has 0 radical (unpaired) electrons. The highest BCUT2D eigenvalue weighted by Crippen LogP contribution is 2.22. The third kappa shape index (κ3) is 1.74. The van der Waals surface area contributed by atoms with Crippen molar-refractivity contribution in [2.24, 2.45) is 0 Å². The van der Waals surface area contributed by atoms with Gasteiger partial charge in [-0.3, -0.25) is 4.79 Å². The van der Waals surface area contributed by atoms with Gasteiger partial charge < -0.3 is 10.2 Å². The summed E-state index contributed by atoms with van der Waals surface area (Å²) in [5, 5.41) is 17.8. The first-order valence-corrected chi connectivity index (χ1v) is 4.01. The molecule has 0 saturated carbocycles. The smallest absolute Gasteiger partial charge is 0.377 e. The molecule has 0 saturated heterocycles. The third-order valence-electron chi connectivity index (χ3n) is 2.05. The summed E-state index contributed by atoms with van der Waals surface area (Å²) in [6, 6.07) is 2.76. The number of aliphatic carboxylic acids is 1. The summed E-state index contributed by atoms with van der Waals surface area (Å²) in [5.74, 6) is -2.95. The van der Waals surface area contributed by atoms with E-state index < -0.39 is 11.8 Å². The van der Waals surface area contributed by atoms with Gasteiger partial charge in [0.05, 0.1) is 5.56 Å². The molecular formula is C10H10O4. The molecule has 74 valence electrons. The maximum absolute atomic E-state index is 11.1. The molecule has 0 fully saturated rings. The van der Waals surface area contributed by atoms with Crippen LogP contribution in [0.25, 0.3) is 0 Å². The molecule has 0 bridgehead atoms. The van der Waals surface area contributed by atoms with Crippen molar-refractivity contribution in [3.05, 3.63) is 28.8 Å². The van der Waals surface area contributed by atoms with E-state index in [0.29, 0.717) is 0 Å². The fourth-order valence-corrected chi connectivity index (χ4v) is 1.10. The number of hydrogen-bond donors (Lipinski definition) is 2. The Morgan fingerprint density at radius 2 is 1.64 bits per heavy atom. The summed E-state index contributed by atoms with van der Waals surface area (Å²) in [4.78, 5) is 21.5. The van der Waals surface area contributed by atoms with Crippen molar-refractivity contribution in [2.75, 3.05) is 0 Å². The van der Waals surface area contributed by atoms with Crippen molar-refractivity contribution >= 4 is 11.8 Å². The lowest BCUT2D eigenvalue weighted by Crippen LogP contribution is -2.13. The number of rotatable bonds is 2. The zero-order valence-electron chi connectivity index (χ0n) is 7.87. The zero-order valence-corrected chi connectivity index (χ0v) is 7.87. The Bertz CT molecular complexity index is 407. The van der Waals surface area contributed by atoms with Gasteiger partial charge in [-0.15, -0.1) is 0 Å². The van der Waals surface area contributed by atoms with Gasteiger partial charge in [0, 0.05) is 0 Å². The van der Waals surface area contributed by atoms with Crippen molar-refractivity contribution in [3.8, 4) is 5.75 Å². The van der Waals surface area contributed by atoms with Gasteiger partial charge in [0.15, 0.2) is 0 Å². The number of carbonyl (C=O) groups is 2. The zero-order chi connectivity index (χ0) is 10.9. The molecule has 1 aromatic rings. The van der Waals surface area contributed by atoms with Gasteiger partial charge in [0.2, 0.25) is 0 Å². The number of phenolic OH excluding ortho intramolecular Hbond substituents is 1. The van der Waals surface area contributed by atoms with Gasteiger partial charge in [0.1, 0.15) is 5.75 Å². The predicted molar refractivity (Wildman–Crippen MR) is 49.5 cm³/mol. The number of phenols is 1. The fraction of sp³-hybridized carbons (Fsp3) is 0.200. The molecular weight excluding hydrogens is 184 g/mol. The fourth-order valence-electron chi connectivity index (χ4n) is 1.10. The minimum Gasteiger partial charge on any atom is -0.507 e. The summed E-state index contributed by atoms with van der Waals surface area (Å²) in [5.41, 5.74) is 1.41. The number of carboxylic acids is 1. The largest absolute Gasteiger partial charge is 0.507 e. The molecule has 14 heavy (non-hydrogen) atoms. The van der Waals surface area contributed by atoms with Crippen molar-refractivity contribution in [2.45, 2.75) is 13.8 Å². The first-order chi connectivity index (χ1) is 6.43. The van der Waals surface area contributed by atoms with Crippen molar-refractivity contribution < 1.29 is 19.8 Å². The minimum absolute atomic E-state index is 0.166. The van der Waals surface area contributed by atoms with Gasteiger partial charge in [-0.25, -0.2) is 4.79 Å². The van der Waals surface area contributed by atoms with Crippen LogP contribution in [0.5, 0.6) is 5.75 Å². The summed E-state index contributed by atoms with van der Waals surface area (Å²) in [6.45, 7) is 3.51. The molecule has 0 aromatic heterocycles. The SMILES string of the molecule is Cc1cc(O)c(C(=O)C(=O)O)cc1C. The molecule has 0 spiro atoms. The molecule has 0 amide bonds. The summed E-state index contributed by atoms with van der Waals surface area (Å²) < 4.78 is 0. The van der Waals surface area contributed by atoms with Gasteiger partial charge in [-0.2, -0.15) is 0 Å². The average molecular weight is 194 g/mol. The van der Waals surface area contributed by atoms with Crippen LogP contribution in [0.4, 0.5) is 0 Å². The summed E-state index contributed by atoms with van der Waals surface area (Å²) in [7, 11) is 0. The summed E-state index contributed by atoms with van der Waals surface area (Å²) >= 11 is 0. The van der Waals surface area contributed by atoms with E-state index in [4.69, 9.17) is 5.11 Å². The quantitative estimate of drug-likeness (QED) is 0.549. The maximum Gasteiger partial charge on any atom is 0.377 e. The van der Waals surface area contributed by atoms with Crippen LogP contribution in [0, 0.1) is 13.8 Å². The summed E-state index contributed by atoms with van der Waals surface area (Å²) in [6.07, 6.45) is 0. The number of hydrogen-bond acceptors (Lipinski definition) is 3. The van der Waals surface area contributed by atoms with E-state index in [9.17, 15) is 14.7 Å². The highest BCUT2D eigenvalue weighted by molar-refractivity contribution is 6.40. The van der Waals surface area contributed by atoms with Crippen molar-refractivity contribution in [1.29, 1.82) is 0 Å². The second kappa shape index (κ2) is 3.49. The Hall–Kier alpha value is -1.84. The van der Waals surface area contributed by atoms with Gasteiger partial charge in [-0.05, 0) is 37.1 Å². The van der Waals surface area contributed by atoms with Crippen molar-refractivity contribution in [1.82, 2.24) is 0 Å². The Morgan fingerprint density at radius 3 is 2.14 bits per heavy atom. The lowest BCUT2D eigenvalue weighted by Gasteiger charge is -2.05.